The largest absolute Gasteiger partial charge is 0.481 e. The molecule has 1 rings (SSSR count). The Hall–Kier alpha value is -2.34. The second-order valence-corrected chi connectivity index (χ2v) is 7.23. The summed E-state index contributed by atoms with van der Waals surface area (Å²) < 4.78 is 5.04. The van der Waals surface area contributed by atoms with E-state index in [0.29, 0.717) is 0 Å². The van der Waals surface area contributed by atoms with Crippen molar-refractivity contribution in [2.75, 3.05) is 5.32 Å². The summed E-state index contributed by atoms with van der Waals surface area (Å²) in [6.45, 7) is 2.33. The van der Waals surface area contributed by atoms with Gasteiger partial charge < -0.3 is 20.3 Å². The Morgan fingerprint density at radius 2 is 1.69 bits per heavy atom. The van der Waals surface area contributed by atoms with Crippen molar-refractivity contribution >= 4 is 17.6 Å². The van der Waals surface area contributed by atoms with Gasteiger partial charge in [0.05, 0.1) is 18.9 Å². The van der Waals surface area contributed by atoms with Crippen LogP contribution in [0.15, 0.2) is 36.5 Å². The van der Waals surface area contributed by atoms with Gasteiger partial charge in [0.25, 0.3) is 0 Å². The molecule has 29 heavy (non-hydrogen) atoms. The Kier molecular flexibility index (Phi) is 13.3. The molecule has 0 aliphatic heterocycles. The number of benzene rings is 1. The van der Waals surface area contributed by atoms with Crippen LogP contribution < -0.4 is 5.32 Å². The monoisotopic (exact) mass is 405 g/mol. The van der Waals surface area contributed by atoms with Crippen LogP contribution in [0, 0.1) is 0 Å². The summed E-state index contributed by atoms with van der Waals surface area (Å²) in [5, 5.41) is 21.6. The van der Waals surface area contributed by atoms with Crippen LogP contribution in [0.3, 0.4) is 0 Å². The maximum absolute atomic E-state index is 11.4. The van der Waals surface area contributed by atoms with E-state index in [0.717, 1.165) is 24.1 Å². The molecule has 6 nitrogen and oxygen atoms in total. The first kappa shape index (κ1) is 24.7. The van der Waals surface area contributed by atoms with Crippen molar-refractivity contribution in [2.45, 2.75) is 83.8 Å². The zero-order valence-corrected chi connectivity index (χ0v) is 17.4. The molecule has 0 amide bonds. The van der Waals surface area contributed by atoms with Gasteiger partial charge in [-0.3, -0.25) is 9.59 Å². The third-order valence-corrected chi connectivity index (χ3v) is 4.57. The van der Waals surface area contributed by atoms with E-state index < -0.39 is 18.0 Å². The minimum absolute atomic E-state index is 0.117. The third kappa shape index (κ3) is 13.5. The highest BCUT2D eigenvalue weighted by Gasteiger charge is 2.06. The van der Waals surface area contributed by atoms with Crippen molar-refractivity contribution in [1.82, 2.24) is 0 Å². The van der Waals surface area contributed by atoms with Crippen LogP contribution in [0.25, 0.3) is 0 Å². The van der Waals surface area contributed by atoms with Gasteiger partial charge in [-0.1, -0.05) is 64.0 Å². The van der Waals surface area contributed by atoms with Gasteiger partial charge in [0.15, 0.2) is 0 Å². The zero-order valence-electron chi connectivity index (χ0n) is 17.4. The summed E-state index contributed by atoms with van der Waals surface area (Å²) in [7, 11) is 0. The fourth-order valence-corrected chi connectivity index (χ4v) is 2.80. The van der Waals surface area contributed by atoms with E-state index >= 15 is 0 Å². The lowest BCUT2D eigenvalue weighted by Crippen LogP contribution is -2.07. The normalized spacial score (nSPS) is 12.1. The SMILES string of the molecule is CCCCCCCCCC(O)/C=C\Nc1ccc(COC(=O)CCC(=O)O)cc1. The van der Waals surface area contributed by atoms with E-state index in [1.807, 2.05) is 24.3 Å². The van der Waals surface area contributed by atoms with E-state index in [2.05, 4.69) is 12.2 Å². The predicted octanol–water partition coefficient (Wildman–Crippen LogP) is 5.02. The first-order valence-electron chi connectivity index (χ1n) is 10.6. The van der Waals surface area contributed by atoms with Crippen LogP contribution in [0.1, 0.15) is 76.7 Å². The number of hydrogen-bond acceptors (Lipinski definition) is 5. The lowest BCUT2D eigenvalue weighted by Gasteiger charge is -2.07. The van der Waals surface area contributed by atoms with Crippen LogP contribution in [0.5, 0.6) is 0 Å². The van der Waals surface area contributed by atoms with Crippen molar-refractivity contribution < 1.29 is 24.5 Å². The van der Waals surface area contributed by atoms with Crippen molar-refractivity contribution in [2.24, 2.45) is 0 Å². The van der Waals surface area contributed by atoms with Gasteiger partial charge in [-0.05, 0) is 36.4 Å². The number of carboxylic acids is 1. The number of aliphatic carboxylic acids is 1. The van der Waals surface area contributed by atoms with Crippen LogP contribution in [0.4, 0.5) is 5.69 Å². The van der Waals surface area contributed by atoms with Crippen molar-refractivity contribution in [3.63, 3.8) is 0 Å². The van der Waals surface area contributed by atoms with Gasteiger partial charge in [0.2, 0.25) is 0 Å². The maximum atomic E-state index is 11.4. The second-order valence-electron chi connectivity index (χ2n) is 7.23. The zero-order chi connectivity index (χ0) is 21.3. The molecule has 0 aliphatic rings. The number of esters is 1. The molecule has 6 heteroatoms. The number of carbonyl (C=O) groups excluding carboxylic acids is 1. The Morgan fingerprint density at radius 3 is 2.34 bits per heavy atom. The number of carbonyl (C=O) groups is 2. The molecule has 162 valence electrons. The average molecular weight is 406 g/mol. The standard InChI is InChI=1S/C23H35NO5/c1-2-3-4-5-6-7-8-9-21(25)16-17-24-20-12-10-19(11-13-20)18-29-23(28)15-14-22(26)27/h10-13,16-17,21,24-25H,2-9,14-15,18H2,1H3,(H,26,27)/b17-16-. The summed E-state index contributed by atoms with van der Waals surface area (Å²) in [5.74, 6) is -1.54. The Labute approximate surface area is 174 Å². The Morgan fingerprint density at radius 1 is 1.03 bits per heavy atom. The number of hydrogen-bond donors (Lipinski definition) is 3. The van der Waals surface area contributed by atoms with Crippen molar-refractivity contribution in [3.8, 4) is 0 Å². The van der Waals surface area contributed by atoms with E-state index in [4.69, 9.17) is 9.84 Å². The van der Waals surface area contributed by atoms with Gasteiger partial charge in [0, 0.05) is 5.69 Å². The fourth-order valence-electron chi connectivity index (χ4n) is 2.80. The van der Waals surface area contributed by atoms with Crippen LogP contribution in [-0.4, -0.2) is 28.3 Å². The highest BCUT2D eigenvalue weighted by molar-refractivity contribution is 5.76. The number of aliphatic hydroxyl groups excluding tert-OH is 1. The van der Waals surface area contributed by atoms with Gasteiger partial charge in [-0.2, -0.15) is 0 Å². The molecule has 1 atom stereocenters. The molecule has 0 radical (unpaired) electrons. The molecule has 0 spiro atoms. The molecule has 0 heterocycles. The molecule has 0 saturated carbocycles. The quantitative estimate of drug-likeness (QED) is 0.264. The maximum Gasteiger partial charge on any atom is 0.306 e. The Balaban J connectivity index is 2.19. The topological polar surface area (TPSA) is 95.9 Å². The minimum atomic E-state index is -1.02. The van der Waals surface area contributed by atoms with Crippen LogP contribution >= 0.6 is 0 Å². The van der Waals surface area contributed by atoms with Gasteiger partial charge in [-0.15, -0.1) is 0 Å². The number of ether oxygens (including phenoxy) is 1. The molecule has 1 unspecified atom stereocenters. The van der Waals surface area contributed by atoms with E-state index in [-0.39, 0.29) is 19.4 Å². The van der Waals surface area contributed by atoms with Crippen molar-refractivity contribution in [1.29, 1.82) is 0 Å². The average Bonchev–Trinajstić information content (AvgIpc) is 2.71. The van der Waals surface area contributed by atoms with Gasteiger partial charge >= 0.3 is 11.9 Å². The summed E-state index contributed by atoms with van der Waals surface area (Å²) in [6.07, 6.45) is 12.1. The van der Waals surface area contributed by atoms with E-state index in [1.54, 1.807) is 12.3 Å². The number of nitrogens with one attached hydrogen (secondary N) is 1. The van der Waals surface area contributed by atoms with Crippen LogP contribution in [0.2, 0.25) is 0 Å². The molecule has 1 aromatic rings. The fraction of sp³-hybridized carbons (Fsp3) is 0.565. The summed E-state index contributed by atoms with van der Waals surface area (Å²) in [4.78, 5) is 21.8. The molecule has 0 saturated heterocycles. The summed E-state index contributed by atoms with van der Waals surface area (Å²) in [6, 6.07) is 7.37. The summed E-state index contributed by atoms with van der Waals surface area (Å²) >= 11 is 0. The van der Waals surface area contributed by atoms with Gasteiger partial charge in [0.1, 0.15) is 6.61 Å². The molecular weight excluding hydrogens is 370 g/mol. The lowest BCUT2D eigenvalue weighted by atomic mass is 10.1. The third-order valence-electron chi connectivity index (χ3n) is 4.57. The first-order valence-corrected chi connectivity index (χ1v) is 10.6. The number of unbranched alkanes of at least 4 members (excludes halogenated alkanes) is 6. The van der Waals surface area contributed by atoms with E-state index in [9.17, 15) is 14.7 Å². The number of aliphatic hydroxyl groups is 1. The Bertz CT molecular complexity index is 612. The molecule has 0 bridgehead atoms. The highest BCUT2D eigenvalue weighted by Crippen LogP contribution is 2.12. The minimum Gasteiger partial charge on any atom is -0.481 e. The predicted molar refractivity (Wildman–Crippen MR) is 114 cm³/mol. The molecule has 0 fully saturated rings. The summed E-state index contributed by atoms with van der Waals surface area (Å²) in [5.41, 5.74) is 1.69. The lowest BCUT2D eigenvalue weighted by molar-refractivity contribution is -0.148. The molecule has 3 N–H and O–H groups in total. The van der Waals surface area contributed by atoms with Crippen molar-refractivity contribution in [3.05, 3.63) is 42.1 Å². The molecule has 1 aromatic carbocycles. The highest BCUT2D eigenvalue weighted by atomic mass is 16.5. The number of rotatable bonds is 16. The first-order chi connectivity index (χ1) is 14.0. The smallest absolute Gasteiger partial charge is 0.306 e. The molecular formula is C23H35NO5. The number of anilines is 1. The van der Waals surface area contributed by atoms with E-state index in [1.165, 1.54) is 38.5 Å². The second kappa shape index (κ2) is 15.6. The number of carboxylic acid groups (broad SMARTS) is 1. The molecule has 0 aliphatic carbocycles. The van der Waals surface area contributed by atoms with Crippen LogP contribution in [-0.2, 0) is 20.9 Å². The van der Waals surface area contributed by atoms with Gasteiger partial charge in [-0.25, -0.2) is 0 Å². The molecule has 0 aromatic heterocycles.